The van der Waals surface area contributed by atoms with Gasteiger partial charge in [0.05, 0.1) is 12.7 Å². The quantitative estimate of drug-likeness (QED) is 0.622. The maximum atomic E-state index is 5.69. The second kappa shape index (κ2) is 8.89. The molecule has 1 rings (SSSR count). The molecule has 3 heteroatoms. The van der Waals surface area contributed by atoms with Crippen molar-refractivity contribution in [3.8, 4) is 0 Å². The summed E-state index contributed by atoms with van der Waals surface area (Å²) in [4.78, 5) is 0. The van der Waals surface area contributed by atoms with Crippen LogP contribution in [0.2, 0.25) is 0 Å². The Balaban J connectivity index is 2.01. The predicted molar refractivity (Wildman–Crippen MR) is 78.0 cm³/mol. The van der Waals surface area contributed by atoms with Crippen LogP contribution in [-0.4, -0.2) is 38.9 Å². The third-order valence-electron chi connectivity index (χ3n) is 3.71. The molecule has 0 saturated carbocycles. The van der Waals surface area contributed by atoms with Crippen molar-refractivity contribution < 1.29 is 4.74 Å². The lowest BCUT2D eigenvalue weighted by Gasteiger charge is -2.27. The summed E-state index contributed by atoms with van der Waals surface area (Å²) in [5, 5.41) is 6.97. The van der Waals surface area contributed by atoms with Gasteiger partial charge in [0.1, 0.15) is 0 Å². The van der Waals surface area contributed by atoms with Gasteiger partial charge >= 0.3 is 0 Å². The zero-order chi connectivity index (χ0) is 13.3. The largest absolute Gasteiger partial charge is 0.376 e. The van der Waals surface area contributed by atoms with E-state index in [2.05, 4.69) is 31.4 Å². The molecule has 1 aliphatic rings. The van der Waals surface area contributed by atoms with Crippen LogP contribution in [0.4, 0.5) is 0 Å². The summed E-state index contributed by atoms with van der Waals surface area (Å²) in [6.07, 6.45) is 6.91. The van der Waals surface area contributed by atoms with Crippen molar-refractivity contribution in [2.75, 3.05) is 32.8 Å². The molecule has 18 heavy (non-hydrogen) atoms. The number of unbranched alkanes of at least 4 members (excludes halogenated alkanes) is 2. The highest BCUT2D eigenvalue weighted by Crippen LogP contribution is 2.22. The van der Waals surface area contributed by atoms with Crippen LogP contribution in [0.15, 0.2) is 0 Å². The van der Waals surface area contributed by atoms with Crippen LogP contribution in [-0.2, 0) is 4.74 Å². The summed E-state index contributed by atoms with van der Waals surface area (Å²) >= 11 is 0. The minimum atomic E-state index is 0.412. The molecule has 0 bridgehead atoms. The van der Waals surface area contributed by atoms with Crippen molar-refractivity contribution in [1.82, 2.24) is 10.6 Å². The van der Waals surface area contributed by atoms with Gasteiger partial charge in [0.25, 0.3) is 0 Å². The Labute approximate surface area is 113 Å². The fourth-order valence-electron chi connectivity index (χ4n) is 2.44. The average Bonchev–Trinajstić information content (AvgIpc) is 2.36. The van der Waals surface area contributed by atoms with Crippen molar-refractivity contribution in [3.63, 3.8) is 0 Å². The molecule has 2 N–H and O–H groups in total. The summed E-state index contributed by atoms with van der Waals surface area (Å²) in [5.41, 5.74) is 0.431. The van der Waals surface area contributed by atoms with Gasteiger partial charge in [-0.05, 0) is 24.8 Å². The topological polar surface area (TPSA) is 33.3 Å². The third-order valence-corrected chi connectivity index (χ3v) is 3.71. The van der Waals surface area contributed by atoms with Gasteiger partial charge in [0, 0.05) is 19.6 Å². The molecule has 3 nitrogen and oxygen atoms in total. The van der Waals surface area contributed by atoms with E-state index in [0.717, 1.165) is 39.2 Å². The molecule has 1 heterocycles. The van der Waals surface area contributed by atoms with E-state index in [1.165, 1.54) is 25.7 Å². The summed E-state index contributed by atoms with van der Waals surface area (Å²) < 4.78 is 5.69. The van der Waals surface area contributed by atoms with Gasteiger partial charge in [0.2, 0.25) is 0 Å². The maximum absolute atomic E-state index is 5.69. The van der Waals surface area contributed by atoms with Crippen LogP contribution in [0, 0.1) is 5.41 Å². The van der Waals surface area contributed by atoms with Crippen molar-refractivity contribution in [2.45, 2.75) is 59.0 Å². The molecular formula is C15H32N2O. The zero-order valence-corrected chi connectivity index (χ0v) is 12.6. The minimum absolute atomic E-state index is 0.412. The number of hydrogen-bond donors (Lipinski definition) is 2. The Bertz CT molecular complexity index is 201. The lowest BCUT2D eigenvalue weighted by atomic mass is 9.87. The fraction of sp³-hybridized carbons (Fsp3) is 1.00. The second-order valence-electron chi connectivity index (χ2n) is 6.28. The predicted octanol–water partition coefficient (Wildman–Crippen LogP) is 2.56. The van der Waals surface area contributed by atoms with Gasteiger partial charge in [-0.2, -0.15) is 0 Å². The second-order valence-corrected chi connectivity index (χ2v) is 6.28. The van der Waals surface area contributed by atoms with Crippen molar-refractivity contribution in [2.24, 2.45) is 5.41 Å². The molecule has 1 fully saturated rings. The standard InChI is InChI=1S/C15H32N2O/c1-4-5-6-8-15(2,3)13-17-9-7-14-12-16-10-11-18-14/h14,16-17H,4-13H2,1-3H3. The fourth-order valence-corrected chi connectivity index (χ4v) is 2.44. The zero-order valence-electron chi connectivity index (χ0n) is 12.6. The van der Waals surface area contributed by atoms with Crippen molar-refractivity contribution in [3.05, 3.63) is 0 Å². The number of rotatable bonds is 9. The Morgan fingerprint density at radius 1 is 1.33 bits per heavy atom. The minimum Gasteiger partial charge on any atom is -0.376 e. The van der Waals surface area contributed by atoms with E-state index in [0.29, 0.717) is 11.5 Å². The molecule has 1 saturated heterocycles. The number of morpholine rings is 1. The molecule has 0 aromatic heterocycles. The van der Waals surface area contributed by atoms with E-state index in [9.17, 15) is 0 Å². The first kappa shape index (κ1) is 15.9. The SMILES string of the molecule is CCCCCC(C)(C)CNCCC1CNCCO1. The van der Waals surface area contributed by atoms with E-state index in [1.54, 1.807) is 0 Å². The molecule has 1 aliphatic heterocycles. The first-order valence-electron chi connectivity index (χ1n) is 7.67. The molecule has 0 aromatic carbocycles. The number of hydrogen-bond acceptors (Lipinski definition) is 3. The van der Waals surface area contributed by atoms with Crippen LogP contribution < -0.4 is 10.6 Å². The molecule has 0 radical (unpaired) electrons. The molecule has 1 unspecified atom stereocenters. The number of ether oxygens (including phenoxy) is 1. The lowest BCUT2D eigenvalue weighted by Crippen LogP contribution is -2.40. The van der Waals surface area contributed by atoms with Gasteiger partial charge in [-0.1, -0.05) is 40.0 Å². The van der Waals surface area contributed by atoms with Crippen molar-refractivity contribution in [1.29, 1.82) is 0 Å². The Hall–Kier alpha value is -0.120. The van der Waals surface area contributed by atoms with Gasteiger partial charge < -0.3 is 15.4 Å². The van der Waals surface area contributed by atoms with E-state index in [1.807, 2.05) is 0 Å². The molecular weight excluding hydrogens is 224 g/mol. The highest BCUT2D eigenvalue weighted by atomic mass is 16.5. The Morgan fingerprint density at radius 3 is 2.83 bits per heavy atom. The van der Waals surface area contributed by atoms with Crippen LogP contribution in [0.1, 0.15) is 52.9 Å². The van der Waals surface area contributed by atoms with E-state index in [-0.39, 0.29) is 0 Å². The maximum Gasteiger partial charge on any atom is 0.0712 e. The van der Waals surface area contributed by atoms with E-state index >= 15 is 0 Å². The smallest absolute Gasteiger partial charge is 0.0712 e. The van der Waals surface area contributed by atoms with E-state index in [4.69, 9.17) is 4.74 Å². The van der Waals surface area contributed by atoms with Crippen LogP contribution in [0.5, 0.6) is 0 Å². The molecule has 0 amide bonds. The molecule has 1 atom stereocenters. The third kappa shape index (κ3) is 7.34. The number of nitrogens with one attached hydrogen (secondary N) is 2. The molecule has 0 aliphatic carbocycles. The van der Waals surface area contributed by atoms with Crippen LogP contribution in [0.3, 0.4) is 0 Å². The summed E-state index contributed by atoms with van der Waals surface area (Å²) in [5.74, 6) is 0. The monoisotopic (exact) mass is 256 g/mol. The van der Waals surface area contributed by atoms with Crippen molar-refractivity contribution >= 4 is 0 Å². The first-order chi connectivity index (χ1) is 8.64. The lowest BCUT2D eigenvalue weighted by molar-refractivity contribution is 0.0235. The molecule has 0 spiro atoms. The molecule has 108 valence electrons. The normalized spacial score (nSPS) is 21.2. The van der Waals surface area contributed by atoms with Crippen LogP contribution >= 0.6 is 0 Å². The highest BCUT2D eigenvalue weighted by Gasteiger charge is 2.17. The Morgan fingerprint density at radius 2 is 2.17 bits per heavy atom. The van der Waals surface area contributed by atoms with Crippen LogP contribution in [0.25, 0.3) is 0 Å². The summed E-state index contributed by atoms with van der Waals surface area (Å²) in [6, 6.07) is 0. The van der Waals surface area contributed by atoms with E-state index < -0.39 is 0 Å². The first-order valence-corrected chi connectivity index (χ1v) is 7.67. The van der Waals surface area contributed by atoms with Gasteiger partial charge in [-0.25, -0.2) is 0 Å². The molecule has 0 aromatic rings. The Kier molecular flexibility index (Phi) is 7.87. The van der Waals surface area contributed by atoms with Gasteiger partial charge in [-0.15, -0.1) is 0 Å². The highest BCUT2D eigenvalue weighted by molar-refractivity contribution is 4.73. The average molecular weight is 256 g/mol. The summed E-state index contributed by atoms with van der Waals surface area (Å²) in [7, 11) is 0. The van der Waals surface area contributed by atoms with Gasteiger partial charge in [-0.3, -0.25) is 0 Å². The van der Waals surface area contributed by atoms with Gasteiger partial charge in [0.15, 0.2) is 0 Å². The summed E-state index contributed by atoms with van der Waals surface area (Å²) in [6.45, 7) is 12.1.